The largest absolute Gasteiger partial charge is 0.490 e. The average Bonchev–Trinajstić information content (AvgIpc) is 3.49. The summed E-state index contributed by atoms with van der Waals surface area (Å²) in [6, 6.07) is 16.5. The number of aromatic amines is 1. The minimum absolute atomic E-state index is 0.253. The summed E-state index contributed by atoms with van der Waals surface area (Å²) in [4.78, 5) is 11.7. The maximum absolute atomic E-state index is 9.73. The quantitative estimate of drug-likeness (QED) is 0.428. The summed E-state index contributed by atoms with van der Waals surface area (Å²) in [6.45, 7) is 2.20. The molecule has 2 aromatic heterocycles. The van der Waals surface area contributed by atoms with E-state index in [1.807, 2.05) is 41.2 Å². The van der Waals surface area contributed by atoms with Crippen LogP contribution in [0.4, 0.5) is 0 Å². The number of H-pyrrole nitrogens is 1. The van der Waals surface area contributed by atoms with E-state index in [4.69, 9.17) is 4.74 Å². The van der Waals surface area contributed by atoms with Gasteiger partial charge >= 0.3 is 0 Å². The Morgan fingerprint density at radius 3 is 2.45 bits per heavy atom. The third-order valence-electron chi connectivity index (χ3n) is 5.98. The Kier molecular flexibility index (Phi) is 5.97. The van der Waals surface area contributed by atoms with Crippen LogP contribution < -0.4 is 4.74 Å². The molecule has 0 aliphatic heterocycles. The van der Waals surface area contributed by atoms with Gasteiger partial charge in [0.2, 0.25) is 0 Å². The van der Waals surface area contributed by atoms with E-state index in [2.05, 4.69) is 51.1 Å². The molecule has 0 radical (unpaired) electrons. The second kappa shape index (κ2) is 9.35. The SMILES string of the molecule is CC(O)c1nccn1CC#Cc1ccc(-c2ccc(OC3CC(c4ncc[nH]4)C3)cc2)cc1. The van der Waals surface area contributed by atoms with Gasteiger partial charge < -0.3 is 19.4 Å². The summed E-state index contributed by atoms with van der Waals surface area (Å²) >= 11 is 0. The molecule has 6 nitrogen and oxygen atoms in total. The van der Waals surface area contributed by atoms with Crippen molar-refractivity contribution in [3.8, 4) is 28.7 Å². The molecule has 2 heterocycles. The van der Waals surface area contributed by atoms with Crippen LogP contribution in [0, 0.1) is 11.8 Å². The van der Waals surface area contributed by atoms with E-state index in [1.165, 1.54) is 0 Å². The first kappa shape index (κ1) is 21.0. The first-order chi connectivity index (χ1) is 16.2. The molecule has 2 N–H and O–H groups in total. The van der Waals surface area contributed by atoms with Crippen LogP contribution in [0.25, 0.3) is 11.1 Å². The Hall–Kier alpha value is -3.82. The summed E-state index contributed by atoms with van der Waals surface area (Å²) in [5.41, 5.74) is 3.23. The van der Waals surface area contributed by atoms with Crippen LogP contribution in [0.5, 0.6) is 5.75 Å². The predicted molar refractivity (Wildman–Crippen MR) is 127 cm³/mol. The number of hydrogen-bond donors (Lipinski definition) is 2. The van der Waals surface area contributed by atoms with Crippen molar-refractivity contribution >= 4 is 0 Å². The fourth-order valence-electron chi connectivity index (χ4n) is 4.10. The van der Waals surface area contributed by atoms with Gasteiger partial charge in [0.05, 0.1) is 6.54 Å². The van der Waals surface area contributed by atoms with Crippen molar-refractivity contribution in [1.29, 1.82) is 0 Å². The van der Waals surface area contributed by atoms with Crippen molar-refractivity contribution in [3.63, 3.8) is 0 Å². The third-order valence-corrected chi connectivity index (χ3v) is 5.98. The Bertz CT molecular complexity index is 1240. The van der Waals surface area contributed by atoms with E-state index in [0.717, 1.165) is 41.1 Å². The average molecular weight is 439 g/mol. The Morgan fingerprint density at radius 1 is 1.06 bits per heavy atom. The Morgan fingerprint density at radius 2 is 1.79 bits per heavy atom. The monoisotopic (exact) mass is 438 g/mol. The van der Waals surface area contributed by atoms with E-state index in [-0.39, 0.29) is 6.10 Å². The Labute approximate surface area is 193 Å². The molecule has 6 heteroatoms. The standard InChI is InChI=1S/C27H26N4O2/c1-19(32)27-30-14-16-31(27)15-2-3-20-4-6-21(7-5-20)22-8-10-24(11-9-22)33-25-17-23(18-25)26-28-12-13-29-26/h4-14,16,19,23,25,32H,15,17-18H2,1H3,(H,28,29). The fraction of sp³-hybridized carbons (Fsp3) is 0.259. The van der Waals surface area contributed by atoms with E-state index < -0.39 is 6.10 Å². The van der Waals surface area contributed by atoms with E-state index >= 15 is 0 Å². The first-order valence-corrected chi connectivity index (χ1v) is 11.2. The lowest BCUT2D eigenvalue weighted by Gasteiger charge is -2.34. The lowest BCUT2D eigenvalue weighted by Crippen LogP contribution is -2.32. The van der Waals surface area contributed by atoms with Crippen LogP contribution in [0.2, 0.25) is 0 Å². The first-order valence-electron chi connectivity index (χ1n) is 11.2. The molecule has 1 unspecified atom stereocenters. The molecule has 0 amide bonds. The third kappa shape index (κ3) is 4.84. The smallest absolute Gasteiger partial charge is 0.138 e. The summed E-state index contributed by atoms with van der Waals surface area (Å²) in [7, 11) is 0. The molecule has 1 aliphatic carbocycles. The number of rotatable bonds is 6. The van der Waals surface area contributed by atoms with Gasteiger partial charge in [-0.05, 0) is 55.2 Å². The number of aromatic nitrogens is 4. The van der Waals surface area contributed by atoms with Crippen LogP contribution in [-0.4, -0.2) is 30.7 Å². The molecule has 2 aromatic carbocycles. The number of ether oxygens (including phenoxy) is 1. The molecule has 0 spiro atoms. The molecule has 5 rings (SSSR count). The maximum Gasteiger partial charge on any atom is 0.138 e. The minimum Gasteiger partial charge on any atom is -0.490 e. The van der Waals surface area contributed by atoms with Crippen molar-refractivity contribution in [1.82, 2.24) is 19.5 Å². The van der Waals surface area contributed by atoms with Gasteiger partial charge in [-0.3, -0.25) is 0 Å². The van der Waals surface area contributed by atoms with Crippen LogP contribution >= 0.6 is 0 Å². The zero-order valence-corrected chi connectivity index (χ0v) is 18.5. The van der Waals surface area contributed by atoms with Crippen LogP contribution in [0.3, 0.4) is 0 Å². The number of hydrogen-bond acceptors (Lipinski definition) is 4. The second-order valence-corrected chi connectivity index (χ2v) is 8.38. The molecule has 1 saturated carbocycles. The predicted octanol–water partition coefficient (Wildman–Crippen LogP) is 4.70. The highest BCUT2D eigenvalue weighted by molar-refractivity contribution is 5.65. The number of aliphatic hydroxyl groups is 1. The van der Waals surface area contributed by atoms with Gasteiger partial charge in [-0.1, -0.05) is 36.1 Å². The fourth-order valence-corrected chi connectivity index (χ4v) is 4.10. The lowest BCUT2D eigenvalue weighted by atomic mass is 9.81. The van der Waals surface area contributed by atoms with Gasteiger partial charge in [0.15, 0.2) is 0 Å². The minimum atomic E-state index is -0.606. The van der Waals surface area contributed by atoms with Gasteiger partial charge in [0.1, 0.15) is 29.6 Å². The summed E-state index contributed by atoms with van der Waals surface area (Å²) in [6.07, 6.45) is 8.83. The molecular weight excluding hydrogens is 412 g/mol. The van der Waals surface area contributed by atoms with E-state index in [1.54, 1.807) is 19.3 Å². The van der Waals surface area contributed by atoms with E-state index in [9.17, 15) is 5.11 Å². The van der Waals surface area contributed by atoms with Crippen molar-refractivity contribution < 1.29 is 9.84 Å². The van der Waals surface area contributed by atoms with Gasteiger partial charge in [0.25, 0.3) is 0 Å². The highest BCUT2D eigenvalue weighted by atomic mass is 16.5. The van der Waals surface area contributed by atoms with Gasteiger partial charge in [-0.15, -0.1) is 0 Å². The normalized spacial score (nSPS) is 18.1. The van der Waals surface area contributed by atoms with Gasteiger partial charge in [0, 0.05) is 36.3 Å². The summed E-state index contributed by atoms with van der Waals surface area (Å²) in [5.74, 6) is 9.39. The number of nitrogens with one attached hydrogen (secondary N) is 1. The Balaban J connectivity index is 1.16. The maximum atomic E-state index is 9.73. The van der Waals surface area contributed by atoms with Crippen LogP contribution in [-0.2, 0) is 6.54 Å². The molecule has 0 saturated heterocycles. The number of nitrogens with zero attached hydrogens (tertiary/aromatic N) is 3. The van der Waals surface area contributed by atoms with E-state index in [0.29, 0.717) is 18.3 Å². The van der Waals surface area contributed by atoms with Crippen LogP contribution in [0.1, 0.15) is 49.0 Å². The highest BCUT2D eigenvalue weighted by Gasteiger charge is 2.33. The molecule has 166 valence electrons. The number of benzene rings is 2. The summed E-state index contributed by atoms with van der Waals surface area (Å²) in [5, 5.41) is 9.73. The molecule has 0 bridgehead atoms. The van der Waals surface area contributed by atoms with Gasteiger partial charge in [-0.25, -0.2) is 9.97 Å². The lowest BCUT2D eigenvalue weighted by molar-refractivity contribution is 0.0956. The van der Waals surface area contributed by atoms with Crippen molar-refractivity contribution in [3.05, 3.63) is 90.5 Å². The zero-order valence-electron chi connectivity index (χ0n) is 18.5. The molecule has 33 heavy (non-hydrogen) atoms. The van der Waals surface area contributed by atoms with Crippen LogP contribution in [0.15, 0.2) is 73.3 Å². The van der Waals surface area contributed by atoms with Crippen molar-refractivity contribution in [2.45, 2.75) is 44.4 Å². The summed E-state index contributed by atoms with van der Waals surface area (Å²) < 4.78 is 7.96. The number of imidazole rings is 2. The second-order valence-electron chi connectivity index (χ2n) is 8.38. The molecular formula is C27H26N4O2. The van der Waals surface area contributed by atoms with Gasteiger partial charge in [-0.2, -0.15) is 0 Å². The molecule has 1 aliphatic rings. The molecule has 4 aromatic rings. The van der Waals surface area contributed by atoms with Crippen molar-refractivity contribution in [2.24, 2.45) is 0 Å². The topological polar surface area (TPSA) is 76.0 Å². The zero-order chi connectivity index (χ0) is 22.6. The highest BCUT2D eigenvalue weighted by Crippen LogP contribution is 2.37. The number of aliphatic hydroxyl groups excluding tert-OH is 1. The van der Waals surface area contributed by atoms with Crippen molar-refractivity contribution in [2.75, 3.05) is 0 Å². The molecule has 1 fully saturated rings. The molecule has 1 atom stereocenters.